The van der Waals surface area contributed by atoms with E-state index >= 15 is 0 Å². The Bertz CT molecular complexity index is 1030. The van der Waals surface area contributed by atoms with E-state index in [1.807, 2.05) is 37.3 Å². The van der Waals surface area contributed by atoms with E-state index in [0.29, 0.717) is 35.0 Å². The first-order chi connectivity index (χ1) is 13.1. The van der Waals surface area contributed by atoms with Crippen LogP contribution in [0, 0.1) is 0 Å². The molecule has 27 heavy (non-hydrogen) atoms. The van der Waals surface area contributed by atoms with Gasteiger partial charge in [-0.05, 0) is 34.4 Å². The van der Waals surface area contributed by atoms with Crippen LogP contribution in [0.3, 0.4) is 0 Å². The molecule has 0 fully saturated rings. The lowest BCUT2D eigenvalue weighted by atomic mass is 9.91. The number of amides is 2. The zero-order chi connectivity index (χ0) is 19.4. The number of nitrogens with two attached hydrogens (primary N) is 1. The highest BCUT2D eigenvalue weighted by atomic mass is 16.2. The Balaban J connectivity index is 2.18. The number of carbonyl (C=O) groups is 3. The van der Waals surface area contributed by atoms with Crippen LogP contribution in [0.5, 0.6) is 0 Å². The van der Waals surface area contributed by atoms with Crippen molar-refractivity contribution in [1.29, 1.82) is 0 Å². The van der Waals surface area contributed by atoms with E-state index in [9.17, 15) is 14.4 Å². The standard InChI is InChI=1S/C22H20N2O3/c1-2-15(13-25)24-22(27)19-10-6-5-9-17(19)18-12-11-14-7-3-4-8-16(14)20(18)21(23)26/h3-13,15H,2H2,1H3,(H2,23,26)(H,24,27). The molecular formula is C22H20N2O3. The third-order valence-electron chi connectivity index (χ3n) is 4.56. The highest BCUT2D eigenvalue weighted by Crippen LogP contribution is 2.32. The van der Waals surface area contributed by atoms with Crippen LogP contribution in [0.25, 0.3) is 21.9 Å². The minimum Gasteiger partial charge on any atom is -0.366 e. The summed E-state index contributed by atoms with van der Waals surface area (Å²) in [4.78, 5) is 36.0. The summed E-state index contributed by atoms with van der Waals surface area (Å²) in [5.74, 6) is -0.926. The number of primary amides is 1. The Labute approximate surface area is 157 Å². The highest BCUT2D eigenvalue weighted by Gasteiger charge is 2.20. The van der Waals surface area contributed by atoms with Gasteiger partial charge in [-0.2, -0.15) is 0 Å². The van der Waals surface area contributed by atoms with E-state index in [1.165, 1.54) is 0 Å². The average Bonchev–Trinajstić information content (AvgIpc) is 2.70. The molecule has 3 aromatic carbocycles. The highest BCUT2D eigenvalue weighted by molar-refractivity contribution is 6.13. The van der Waals surface area contributed by atoms with Gasteiger partial charge in [-0.25, -0.2) is 0 Å². The van der Waals surface area contributed by atoms with Crippen molar-refractivity contribution in [2.45, 2.75) is 19.4 Å². The van der Waals surface area contributed by atoms with Crippen molar-refractivity contribution in [2.24, 2.45) is 5.73 Å². The summed E-state index contributed by atoms with van der Waals surface area (Å²) >= 11 is 0. The maximum Gasteiger partial charge on any atom is 0.252 e. The maximum atomic E-state index is 12.7. The van der Waals surface area contributed by atoms with E-state index in [2.05, 4.69) is 5.32 Å². The zero-order valence-electron chi connectivity index (χ0n) is 14.9. The van der Waals surface area contributed by atoms with Gasteiger partial charge in [0.15, 0.2) is 0 Å². The fraction of sp³-hybridized carbons (Fsp3) is 0.136. The van der Waals surface area contributed by atoms with Crippen LogP contribution in [-0.2, 0) is 4.79 Å². The maximum absolute atomic E-state index is 12.7. The third-order valence-corrected chi connectivity index (χ3v) is 4.56. The molecule has 0 aromatic heterocycles. The number of fused-ring (bicyclic) bond motifs is 1. The number of carbonyl (C=O) groups excluding carboxylic acids is 3. The second-order valence-corrected chi connectivity index (χ2v) is 6.24. The molecule has 0 aliphatic rings. The van der Waals surface area contributed by atoms with Crippen molar-refractivity contribution < 1.29 is 14.4 Å². The minimum absolute atomic E-state index is 0.367. The topological polar surface area (TPSA) is 89.3 Å². The number of aldehydes is 1. The Kier molecular flexibility index (Phi) is 5.31. The van der Waals surface area contributed by atoms with Crippen molar-refractivity contribution in [3.63, 3.8) is 0 Å². The molecule has 3 aromatic rings. The molecule has 2 amide bonds. The summed E-state index contributed by atoms with van der Waals surface area (Å²) in [6.07, 6.45) is 1.21. The van der Waals surface area contributed by atoms with E-state index in [4.69, 9.17) is 5.73 Å². The van der Waals surface area contributed by atoms with Crippen molar-refractivity contribution in [2.75, 3.05) is 0 Å². The minimum atomic E-state index is -0.559. The molecule has 0 bridgehead atoms. The van der Waals surface area contributed by atoms with Crippen molar-refractivity contribution in [3.8, 4) is 11.1 Å². The first kappa shape index (κ1) is 18.3. The fourth-order valence-corrected chi connectivity index (χ4v) is 3.16. The van der Waals surface area contributed by atoms with E-state index in [0.717, 1.165) is 10.8 Å². The van der Waals surface area contributed by atoms with Crippen LogP contribution in [0.1, 0.15) is 34.1 Å². The Morgan fingerprint density at radius 3 is 2.41 bits per heavy atom. The Hall–Kier alpha value is -3.47. The fourth-order valence-electron chi connectivity index (χ4n) is 3.16. The van der Waals surface area contributed by atoms with Crippen LogP contribution in [0.4, 0.5) is 0 Å². The quantitative estimate of drug-likeness (QED) is 0.661. The van der Waals surface area contributed by atoms with Gasteiger partial charge in [0.25, 0.3) is 5.91 Å². The zero-order valence-corrected chi connectivity index (χ0v) is 14.9. The molecule has 0 spiro atoms. The second kappa shape index (κ2) is 7.83. The van der Waals surface area contributed by atoms with Crippen LogP contribution in [-0.4, -0.2) is 24.1 Å². The predicted molar refractivity (Wildman–Crippen MR) is 106 cm³/mol. The molecule has 1 unspecified atom stereocenters. The van der Waals surface area contributed by atoms with Crippen LogP contribution in [0.15, 0.2) is 60.7 Å². The summed E-state index contributed by atoms with van der Waals surface area (Å²) in [6.45, 7) is 1.82. The van der Waals surface area contributed by atoms with Crippen LogP contribution >= 0.6 is 0 Å². The third kappa shape index (κ3) is 3.58. The van der Waals surface area contributed by atoms with Gasteiger partial charge in [0.05, 0.1) is 11.6 Å². The number of hydrogen-bond donors (Lipinski definition) is 2. The lowest BCUT2D eigenvalue weighted by Gasteiger charge is -2.16. The largest absolute Gasteiger partial charge is 0.366 e. The molecule has 5 nitrogen and oxygen atoms in total. The smallest absolute Gasteiger partial charge is 0.252 e. The SMILES string of the molecule is CCC(C=O)NC(=O)c1ccccc1-c1ccc2ccccc2c1C(N)=O. The number of nitrogens with one attached hydrogen (secondary N) is 1. The normalized spacial score (nSPS) is 11.7. The number of benzene rings is 3. The molecule has 0 aliphatic heterocycles. The van der Waals surface area contributed by atoms with Crippen LogP contribution in [0.2, 0.25) is 0 Å². The molecule has 3 rings (SSSR count). The van der Waals surface area contributed by atoms with Gasteiger partial charge in [-0.1, -0.05) is 61.5 Å². The van der Waals surface area contributed by atoms with Crippen molar-refractivity contribution >= 4 is 28.9 Å². The number of rotatable bonds is 6. The van der Waals surface area contributed by atoms with Gasteiger partial charge in [0, 0.05) is 5.56 Å². The van der Waals surface area contributed by atoms with Gasteiger partial charge in [0.1, 0.15) is 6.29 Å². The molecule has 1 atom stereocenters. The molecule has 5 heteroatoms. The first-order valence-corrected chi connectivity index (χ1v) is 8.74. The van der Waals surface area contributed by atoms with E-state index in [-0.39, 0.29) is 5.91 Å². The summed E-state index contributed by atoms with van der Waals surface area (Å²) in [6, 6.07) is 17.6. The van der Waals surface area contributed by atoms with Crippen LogP contribution < -0.4 is 11.1 Å². The second-order valence-electron chi connectivity index (χ2n) is 6.24. The molecule has 0 radical (unpaired) electrons. The lowest BCUT2D eigenvalue weighted by molar-refractivity contribution is -0.109. The predicted octanol–water partition coefficient (Wildman–Crippen LogP) is 3.31. The molecule has 0 saturated heterocycles. The monoisotopic (exact) mass is 360 g/mol. The van der Waals surface area contributed by atoms with Crippen molar-refractivity contribution in [1.82, 2.24) is 5.32 Å². The molecule has 0 saturated carbocycles. The molecule has 0 aliphatic carbocycles. The van der Waals surface area contributed by atoms with E-state index < -0.39 is 11.9 Å². The molecule has 136 valence electrons. The summed E-state index contributed by atoms with van der Waals surface area (Å²) in [5.41, 5.74) is 7.62. The molecule has 3 N–H and O–H groups in total. The number of hydrogen-bond acceptors (Lipinski definition) is 3. The summed E-state index contributed by atoms with van der Waals surface area (Å²) < 4.78 is 0. The first-order valence-electron chi connectivity index (χ1n) is 8.74. The van der Waals surface area contributed by atoms with Gasteiger partial charge in [-0.3, -0.25) is 9.59 Å². The van der Waals surface area contributed by atoms with Gasteiger partial charge in [0.2, 0.25) is 5.91 Å². The van der Waals surface area contributed by atoms with Crippen molar-refractivity contribution in [3.05, 3.63) is 71.8 Å². The van der Waals surface area contributed by atoms with Gasteiger partial charge in [-0.15, -0.1) is 0 Å². The summed E-state index contributed by atoms with van der Waals surface area (Å²) in [7, 11) is 0. The van der Waals surface area contributed by atoms with Gasteiger partial charge >= 0.3 is 0 Å². The van der Waals surface area contributed by atoms with Gasteiger partial charge < -0.3 is 15.8 Å². The van der Waals surface area contributed by atoms with E-state index in [1.54, 1.807) is 30.3 Å². The average molecular weight is 360 g/mol. The lowest BCUT2D eigenvalue weighted by Crippen LogP contribution is -2.35. The summed E-state index contributed by atoms with van der Waals surface area (Å²) in [5, 5.41) is 4.33. The molecular weight excluding hydrogens is 340 g/mol. The Morgan fingerprint density at radius 1 is 1.00 bits per heavy atom. The molecule has 0 heterocycles. The Morgan fingerprint density at radius 2 is 1.70 bits per heavy atom.